The normalized spacial score (nSPS) is 10.0. The van der Waals surface area contributed by atoms with Crippen LogP contribution >= 0.6 is 0 Å². The van der Waals surface area contributed by atoms with E-state index in [1.165, 1.54) is 0 Å². The van der Waals surface area contributed by atoms with E-state index in [2.05, 4.69) is 11.9 Å². The quantitative estimate of drug-likeness (QED) is 0.704. The molecular formula is C10H15NO2. The molecule has 0 unspecified atom stereocenters. The van der Waals surface area contributed by atoms with E-state index < -0.39 is 0 Å². The first-order chi connectivity index (χ1) is 6.38. The summed E-state index contributed by atoms with van der Waals surface area (Å²) in [6, 6.07) is 1.77. The van der Waals surface area contributed by atoms with Crippen LogP contribution in [0.15, 0.2) is 18.5 Å². The third-order valence-corrected chi connectivity index (χ3v) is 1.80. The van der Waals surface area contributed by atoms with Crippen LogP contribution in [0.5, 0.6) is 5.75 Å². The second kappa shape index (κ2) is 5.54. The summed E-state index contributed by atoms with van der Waals surface area (Å²) >= 11 is 0. The summed E-state index contributed by atoms with van der Waals surface area (Å²) in [7, 11) is 0. The van der Waals surface area contributed by atoms with Crippen LogP contribution < -0.4 is 4.74 Å². The van der Waals surface area contributed by atoms with Gasteiger partial charge in [0.25, 0.3) is 0 Å². The average molecular weight is 181 g/mol. The highest BCUT2D eigenvalue weighted by atomic mass is 16.5. The molecule has 3 heteroatoms. The Morgan fingerprint density at radius 1 is 1.54 bits per heavy atom. The van der Waals surface area contributed by atoms with Crippen molar-refractivity contribution in [2.45, 2.75) is 26.4 Å². The predicted molar refractivity (Wildman–Crippen MR) is 50.6 cm³/mol. The Labute approximate surface area is 78.4 Å². The molecule has 0 aliphatic rings. The molecule has 3 nitrogen and oxygen atoms in total. The van der Waals surface area contributed by atoms with E-state index in [1.54, 1.807) is 18.5 Å². The molecule has 13 heavy (non-hydrogen) atoms. The van der Waals surface area contributed by atoms with Gasteiger partial charge in [0, 0.05) is 11.8 Å². The molecule has 0 atom stereocenters. The maximum atomic E-state index is 8.97. The fraction of sp³-hybridized carbons (Fsp3) is 0.500. The zero-order valence-electron chi connectivity index (χ0n) is 7.86. The molecule has 0 aliphatic carbocycles. The van der Waals surface area contributed by atoms with Crippen molar-refractivity contribution in [3.8, 4) is 5.75 Å². The number of ether oxygens (including phenoxy) is 1. The van der Waals surface area contributed by atoms with Gasteiger partial charge in [-0.25, -0.2) is 0 Å². The Kier molecular flexibility index (Phi) is 4.26. The minimum absolute atomic E-state index is 0.00395. The lowest BCUT2D eigenvalue weighted by Crippen LogP contribution is -2.00. The van der Waals surface area contributed by atoms with Gasteiger partial charge in [-0.05, 0) is 12.5 Å². The minimum atomic E-state index is 0.00395. The largest absolute Gasteiger partial charge is 0.492 e. The highest BCUT2D eigenvalue weighted by Gasteiger charge is 2.00. The van der Waals surface area contributed by atoms with E-state index in [4.69, 9.17) is 9.84 Å². The van der Waals surface area contributed by atoms with Crippen LogP contribution in [0.25, 0.3) is 0 Å². The number of aliphatic hydroxyl groups excluding tert-OH is 1. The van der Waals surface area contributed by atoms with Crippen molar-refractivity contribution in [1.29, 1.82) is 0 Å². The predicted octanol–water partition coefficient (Wildman–Crippen LogP) is 1.75. The fourth-order valence-corrected chi connectivity index (χ4v) is 0.996. The van der Waals surface area contributed by atoms with Crippen LogP contribution in [-0.2, 0) is 6.61 Å². The summed E-state index contributed by atoms with van der Waals surface area (Å²) in [5.74, 6) is 0.693. The molecule has 0 amide bonds. The second-order valence-electron chi connectivity index (χ2n) is 2.84. The van der Waals surface area contributed by atoms with Crippen LogP contribution in [-0.4, -0.2) is 16.7 Å². The molecule has 72 valence electrons. The van der Waals surface area contributed by atoms with Crippen LogP contribution in [0.3, 0.4) is 0 Å². The van der Waals surface area contributed by atoms with Gasteiger partial charge in [0.2, 0.25) is 0 Å². The Bertz CT molecular complexity index is 250. The molecule has 0 bridgehead atoms. The van der Waals surface area contributed by atoms with Gasteiger partial charge in [0.1, 0.15) is 5.75 Å². The van der Waals surface area contributed by atoms with E-state index in [0.29, 0.717) is 12.4 Å². The number of unbranched alkanes of at least 4 members (excludes halogenated alkanes) is 1. The van der Waals surface area contributed by atoms with Gasteiger partial charge in [0.15, 0.2) is 0 Å². The van der Waals surface area contributed by atoms with Crippen LogP contribution in [0.4, 0.5) is 0 Å². The molecule has 0 spiro atoms. The molecule has 1 rings (SSSR count). The fourth-order valence-electron chi connectivity index (χ4n) is 0.996. The van der Waals surface area contributed by atoms with Crippen molar-refractivity contribution in [2.24, 2.45) is 0 Å². The molecule has 0 saturated carbocycles. The standard InChI is InChI=1S/C10H15NO2/c1-2-3-6-13-10-7-11-5-4-9(10)8-12/h4-5,7,12H,2-3,6,8H2,1H3. The minimum Gasteiger partial charge on any atom is -0.492 e. The Hall–Kier alpha value is -1.09. The summed E-state index contributed by atoms with van der Waals surface area (Å²) in [6.45, 7) is 2.80. The summed E-state index contributed by atoms with van der Waals surface area (Å²) in [6.07, 6.45) is 5.42. The number of pyridine rings is 1. The van der Waals surface area contributed by atoms with Gasteiger partial charge in [-0.3, -0.25) is 4.98 Å². The molecule has 1 N–H and O–H groups in total. The van der Waals surface area contributed by atoms with Gasteiger partial charge in [-0.1, -0.05) is 13.3 Å². The van der Waals surface area contributed by atoms with Crippen molar-refractivity contribution in [3.63, 3.8) is 0 Å². The lowest BCUT2D eigenvalue weighted by Gasteiger charge is -2.07. The smallest absolute Gasteiger partial charge is 0.143 e. The number of aliphatic hydroxyl groups is 1. The molecule has 0 fully saturated rings. The van der Waals surface area contributed by atoms with E-state index in [-0.39, 0.29) is 6.61 Å². The first-order valence-corrected chi connectivity index (χ1v) is 4.55. The Balaban J connectivity index is 2.54. The van der Waals surface area contributed by atoms with Gasteiger partial charge in [-0.15, -0.1) is 0 Å². The van der Waals surface area contributed by atoms with Gasteiger partial charge < -0.3 is 9.84 Å². The third kappa shape index (κ3) is 3.03. The van der Waals surface area contributed by atoms with E-state index in [1.807, 2.05) is 0 Å². The van der Waals surface area contributed by atoms with Crippen LogP contribution in [0.2, 0.25) is 0 Å². The molecule has 1 aromatic heterocycles. The summed E-state index contributed by atoms with van der Waals surface area (Å²) in [4.78, 5) is 3.94. The zero-order valence-corrected chi connectivity index (χ0v) is 7.86. The lowest BCUT2D eigenvalue weighted by atomic mass is 10.2. The van der Waals surface area contributed by atoms with Crippen molar-refractivity contribution in [2.75, 3.05) is 6.61 Å². The third-order valence-electron chi connectivity index (χ3n) is 1.80. The number of nitrogens with zero attached hydrogens (tertiary/aromatic N) is 1. The van der Waals surface area contributed by atoms with E-state index in [0.717, 1.165) is 18.4 Å². The van der Waals surface area contributed by atoms with Crippen molar-refractivity contribution < 1.29 is 9.84 Å². The molecule has 1 aromatic rings. The topological polar surface area (TPSA) is 42.4 Å². The molecule has 0 aliphatic heterocycles. The Morgan fingerprint density at radius 2 is 2.38 bits per heavy atom. The van der Waals surface area contributed by atoms with Crippen LogP contribution in [0.1, 0.15) is 25.3 Å². The first-order valence-electron chi connectivity index (χ1n) is 4.55. The first kappa shape index (κ1) is 9.99. The number of rotatable bonds is 5. The highest BCUT2D eigenvalue weighted by Crippen LogP contribution is 2.16. The van der Waals surface area contributed by atoms with Crippen molar-refractivity contribution >= 4 is 0 Å². The Morgan fingerprint density at radius 3 is 3.08 bits per heavy atom. The van der Waals surface area contributed by atoms with Crippen LogP contribution in [0, 0.1) is 0 Å². The maximum absolute atomic E-state index is 8.97. The molecular weight excluding hydrogens is 166 g/mol. The summed E-state index contributed by atoms with van der Waals surface area (Å²) < 4.78 is 5.45. The number of hydrogen-bond donors (Lipinski definition) is 1. The molecule has 0 radical (unpaired) electrons. The lowest BCUT2D eigenvalue weighted by molar-refractivity contribution is 0.260. The van der Waals surface area contributed by atoms with Gasteiger partial charge in [-0.2, -0.15) is 0 Å². The zero-order chi connectivity index (χ0) is 9.52. The van der Waals surface area contributed by atoms with E-state index >= 15 is 0 Å². The van der Waals surface area contributed by atoms with Crippen molar-refractivity contribution in [3.05, 3.63) is 24.0 Å². The van der Waals surface area contributed by atoms with Crippen molar-refractivity contribution in [1.82, 2.24) is 4.98 Å². The molecule has 0 aromatic carbocycles. The second-order valence-corrected chi connectivity index (χ2v) is 2.84. The summed E-state index contributed by atoms with van der Waals surface area (Å²) in [5.41, 5.74) is 0.797. The monoisotopic (exact) mass is 181 g/mol. The number of aromatic nitrogens is 1. The van der Waals surface area contributed by atoms with Gasteiger partial charge >= 0.3 is 0 Å². The average Bonchev–Trinajstić information content (AvgIpc) is 2.19. The SMILES string of the molecule is CCCCOc1cnccc1CO. The van der Waals surface area contributed by atoms with E-state index in [9.17, 15) is 0 Å². The summed E-state index contributed by atoms with van der Waals surface area (Å²) in [5, 5.41) is 8.97. The highest BCUT2D eigenvalue weighted by molar-refractivity contribution is 5.28. The molecule has 1 heterocycles. The maximum Gasteiger partial charge on any atom is 0.143 e. The molecule has 0 saturated heterocycles. The van der Waals surface area contributed by atoms with Gasteiger partial charge in [0.05, 0.1) is 19.4 Å². The number of hydrogen-bond acceptors (Lipinski definition) is 3.